The second kappa shape index (κ2) is 6.89. The average Bonchev–Trinajstić information content (AvgIpc) is 2.29. The van der Waals surface area contributed by atoms with E-state index >= 15 is 0 Å². The summed E-state index contributed by atoms with van der Waals surface area (Å²) < 4.78 is 11.4. The van der Waals surface area contributed by atoms with Crippen LogP contribution >= 0.6 is 15.9 Å². The first-order valence-electron chi connectivity index (χ1n) is 5.17. The van der Waals surface area contributed by atoms with E-state index in [1.54, 1.807) is 14.2 Å². The standard InChI is InChI=1S/C12H18BrNO2/c1-14(6-7-15-2)9-10-8-11(16-3)4-5-12(10)13/h4-5,8H,6-7,9H2,1-3H3. The zero-order chi connectivity index (χ0) is 12.0. The molecule has 0 fully saturated rings. The topological polar surface area (TPSA) is 21.7 Å². The van der Waals surface area contributed by atoms with Crippen molar-refractivity contribution in [2.24, 2.45) is 0 Å². The van der Waals surface area contributed by atoms with Crippen LogP contribution in [0.4, 0.5) is 0 Å². The van der Waals surface area contributed by atoms with Crippen LogP contribution in [0.25, 0.3) is 0 Å². The highest BCUT2D eigenvalue weighted by molar-refractivity contribution is 9.10. The second-order valence-corrected chi connectivity index (χ2v) is 4.54. The van der Waals surface area contributed by atoms with Crippen LogP contribution in [0, 0.1) is 0 Å². The van der Waals surface area contributed by atoms with Gasteiger partial charge in [0, 0.05) is 24.7 Å². The predicted octanol–water partition coefficient (Wildman–Crippen LogP) is 2.54. The van der Waals surface area contributed by atoms with Gasteiger partial charge < -0.3 is 9.47 Å². The van der Waals surface area contributed by atoms with Gasteiger partial charge in [0.15, 0.2) is 0 Å². The zero-order valence-corrected chi connectivity index (χ0v) is 11.6. The number of methoxy groups -OCH3 is 2. The molecular formula is C12H18BrNO2. The molecule has 0 spiro atoms. The van der Waals surface area contributed by atoms with Crippen LogP contribution in [-0.4, -0.2) is 39.3 Å². The summed E-state index contributed by atoms with van der Waals surface area (Å²) in [7, 11) is 5.47. The number of rotatable bonds is 6. The van der Waals surface area contributed by atoms with Crippen molar-refractivity contribution in [3.8, 4) is 5.75 Å². The number of benzene rings is 1. The molecule has 0 unspecified atom stereocenters. The SMILES string of the molecule is COCCN(C)Cc1cc(OC)ccc1Br. The number of halogens is 1. The second-order valence-electron chi connectivity index (χ2n) is 3.69. The third-order valence-electron chi connectivity index (χ3n) is 2.37. The van der Waals surface area contributed by atoms with Crippen molar-refractivity contribution in [3.63, 3.8) is 0 Å². The van der Waals surface area contributed by atoms with E-state index < -0.39 is 0 Å². The number of likely N-dealkylation sites (N-methyl/N-ethyl adjacent to an activating group) is 1. The van der Waals surface area contributed by atoms with E-state index in [9.17, 15) is 0 Å². The number of hydrogen-bond donors (Lipinski definition) is 0. The fraction of sp³-hybridized carbons (Fsp3) is 0.500. The molecule has 0 radical (unpaired) electrons. The molecule has 3 nitrogen and oxygen atoms in total. The Morgan fingerprint density at radius 3 is 2.69 bits per heavy atom. The smallest absolute Gasteiger partial charge is 0.119 e. The molecular weight excluding hydrogens is 270 g/mol. The van der Waals surface area contributed by atoms with Gasteiger partial charge in [0.25, 0.3) is 0 Å². The summed E-state index contributed by atoms with van der Waals surface area (Å²) >= 11 is 3.54. The van der Waals surface area contributed by atoms with Crippen LogP contribution in [0.15, 0.2) is 22.7 Å². The molecule has 0 amide bonds. The Hall–Kier alpha value is -0.580. The minimum Gasteiger partial charge on any atom is -0.497 e. The summed E-state index contributed by atoms with van der Waals surface area (Å²) in [6.07, 6.45) is 0. The highest BCUT2D eigenvalue weighted by Crippen LogP contribution is 2.23. The van der Waals surface area contributed by atoms with Crippen LogP contribution in [0.5, 0.6) is 5.75 Å². The minimum absolute atomic E-state index is 0.748. The van der Waals surface area contributed by atoms with E-state index in [0.29, 0.717) is 0 Å². The first-order valence-corrected chi connectivity index (χ1v) is 5.96. The Kier molecular flexibility index (Phi) is 5.80. The van der Waals surface area contributed by atoms with Crippen LogP contribution < -0.4 is 4.74 Å². The highest BCUT2D eigenvalue weighted by atomic mass is 79.9. The quantitative estimate of drug-likeness (QED) is 0.803. The van der Waals surface area contributed by atoms with Crippen LogP contribution in [0.3, 0.4) is 0 Å². The zero-order valence-electron chi connectivity index (χ0n) is 10.00. The summed E-state index contributed by atoms with van der Waals surface area (Å²) in [5.74, 6) is 0.887. The first kappa shape index (κ1) is 13.5. The van der Waals surface area contributed by atoms with Crippen LogP contribution in [0.1, 0.15) is 5.56 Å². The monoisotopic (exact) mass is 287 g/mol. The fourth-order valence-electron chi connectivity index (χ4n) is 1.42. The Morgan fingerprint density at radius 1 is 1.31 bits per heavy atom. The van der Waals surface area contributed by atoms with Crippen molar-refractivity contribution >= 4 is 15.9 Å². The molecule has 0 aliphatic heterocycles. The van der Waals surface area contributed by atoms with Crippen molar-refractivity contribution in [2.75, 3.05) is 34.4 Å². The largest absolute Gasteiger partial charge is 0.497 e. The molecule has 0 aliphatic carbocycles. The van der Waals surface area contributed by atoms with Gasteiger partial charge in [0.2, 0.25) is 0 Å². The van der Waals surface area contributed by atoms with Crippen LogP contribution in [-0.2, 0) is 11.3 Å². The third kappa shape index (κ3) is 4.12. The first-order chi connectivity index (χ1) is 7.67. The lowest BCUT2D eigenvalue weighted by atomic mass is 10.2. The molecule has 0 atom stereocenters. The van der Waals surface area contributed by atoms with Crippen molar-refractivity contribution in [1.82, 2.24) is 4.90 Å². The van der Waals surface area contributed by atoms with Gasteiger partial charge >= 0.3 is 0 Å². The lowest BCUT2D eigenvalue weighted by Crippen LogP contribution is -2.22. The van der Waals surface area contributed by atoms with Gasteiger partial charge in [-0.3, -0.25) is 4.90 Å². The Balaban J connectivity index is 2.64. The van der Waals surface area contributed by atoms with E-state index in [-0.39, 0.29) is 0 Å². The van der Waals surface area contributed by atoms with E-state index in [2.05, 4.69) is 27.9 Å². The summed E-state index contributed by atoms with van der Waals surface area (Å²) in [4.78, 5) is 2.21. The van der Waals surface area contributed by atoms with E-state index in [0.717, 1.165) is 29.9 Å². The number of hydrogen-bond acceptors (Lipinski definition) is 3. The maximum absolute atomic E-state index is 5.21. The summed E-state index contributed by atoms with van der Waals surface area (Å²) in [5, 5.41) is 0. The summed E-state index contributed by atoms with van der Waals surface area (Å²) in [6.45, 7) is 2.54. The molecule has 0 saturated heterocycles. The average molecular weight is 288 g/mol. The van der Waals surface area contributed by atoms with Gasteiger partial charge in [-0.2, -0.15) is 0 Å². The van der Waals surface area contributed by atoms with E-state index in [1.807, 2.05) is 18.2 Å². The molecule has 0 saturated carbocycles. The van der Waals surface area contributed by atoms with Gasteiger partial charge in [-0.25, -0.2) is 0 Å². The maximum Gasteiger partial charge on any atom is 0.119 e. The van der Waals surface area contributed by atoms with Gasteiger partial charge in [-0.1, -0.05) is 15.9 Å². The van der Waals surface area contributed by atoms with Gasteiger partial charge in [0.1, 0.15) is 5.75 Å². The molecule has 0 bridgehead atoms. The third-order valence-corrected chi connectivity index (χ3v) is 3.14. The van der Waals surface area contributed by atoms with Gasteiger partial charge in [0.05, 0.1) is 13.7 Å². The normalized spacial score (nSPS) is 10.8. The molecule has 0 N–H and O–H groups in total. The predicted molar refractivity (Wildman–Crippen MR) is 68.9 cm³/mol. The summed E-state index contributed by atoms with van der Waals surface area (Å²) in [5.41, 5.74) is 1.22. The Morgan fingerprint density at radius 2 is 2.06 bits per heavy atom. The van der Waals surface area contributed by atoms with Crippen LogP contribution in [0.2, 0.25) is 0 Å². The number of ether oxygens (including phenoxy) is 2. The van der Waals surface area contributed by atoms with E-state index in [1.165, 1.54) is 5.56 Å². The molecule has 16 heavy (non-hydrogen) atoms. The van der Waals surface area contributed by atoms with Crippen molar-refractivity contribution in [3.05, 3.63) is 28.2 Å². The van der Waals surface area contributed by atoms with Crippen molar-refractivity contribution in [2.45, 2.75) is 6.54 Å². The summed E-state index contributed by atoms with van der Waals surface area (Å²) in [6, 6.07) is 6.01. The van der Waals surface area contributed by atoms with Gasteiger partial charge in [-0.05, 0) is 30.8 Å². The molecule has 0 aromatic heterocycles. The molecule has 1 rings (SSSR count). The molecule has 0 heterocycles. The van der Waals surface area contributed by atoms with Crippen molar-refractivity contribution in [1.29, 1.82) is 0 Å². The van der Waals surface area contributed by atoms with Crippen molar-refractivity contribution < 1.29 is 9.47 Å². The molecule has 90 valence electrons. The molecule has 0 aliphatic rings. The Labute approximate surface area is 105 Å². The molecule has 4 heteroatoms. The molecule has 1 aromatic carbocycles. The minimum atomic E-state index is 0.748. The molecule has 1 aromatic rings. The highest BCUT2D eigenvalue weighted by Gasteiger charge is 2.05. The Bertz CT molecular complexity index is 331. The fourth-order valence-corrected chi connectivity index (χ4v) is 1.79. The van der Waals surface area contributed by atoms with Gasteiger partial charge in [-0.15, -0.1) is 0 Å². The van der Waals surface area contributed by atoms with E-state index in [4.69, 9.17) is 9.47 Å². The maximum atomic E-state index is 5.21. The number of nitrogens with zero attached hydrogens (tertiary/aromatic N) is 1. The lowest BCUT2D eigenvalue weighted by molar-refractivity contribution is 0.158. The lowest BCUT2D eigenvalue weighted by Gasteiger charge is -2.17.